The van der Waals surface area contributed by atoms with Crippen molar-refractivity contribution in [1.82, 2.24) is 0 Å². The van der Waals surface area contributed by atoms with Crippen molar-refractivity contribution in [1.29, 1.82) is 0 Å². The molecule has 6 heteroatoms. The Morgan fingerprint density at radius 1 is 0.528 bits per heavy atom. The lowest BCUT2D eigenvalue weighted by molar-refractivity contribution is -0.903. The summed E-state index contributed by atoms with van der Waals surface area (Å²) < 4.78 is 16.2. The zero-order valence-corrected chi connectivity index (χ0v) is 23.2. The third-order valence-electron chi connectivity index (χ3n) is 6.50. The Labute approximate surface area is 220 Å². The third-order valence-corrected chi connectivity index (χ3v) is 6.50. The molecule has 2 rings (SSSR count). The minimum Gasteiger partial charge on any atom is -0.493 e. The summed E-state index contributed by atoms with van der Waals surface area (Å²) in [6.07, 6.45) is 23.6. The molecule has 0 fully saturated rings. The molecule has 36 heavy (non-hydrogen) atoms. The number of hydrogen-bond donors (Lipinski definition) is 2. The first kappa shape index (κ1) is 30.0. The molecule has 0 aliphatic rings. The van der Waals surface area contributed by atoms with Crippen molar-refractivity contribution in [2.75, 3.05) is 26.3 Å². The van der Waals surface area contributed by atoms with Crippen molar-refractivity contribution in [3.8, 4) is 11.5 Å². The molecule has 0 atom stereocenters. The van der Waals surface area contributed by atoms with Crippen LogP contribution in [0.1, 0.15) is 90.9 Å². The molecule has 0 amide bonds. The molecule has 0 unspecified atom stereocenters. The highest BCUT2D eigenvalue weighted by Gasteiger charge is 2.04. The Kier molecular flexibility index (Phi) is 17.5. The van der Waals surface area contributed by atoms with Gasteiger partial charge in [-0.3, -0.25) is 10.6 Å². The molecule has 0 spiro atoms. The van der Waals surface area contributed by atoms with Gasteiger partial charge in [-0.2, -0.15) is 9.13 Å². The fraction of sp³-hybridized carbons (Fsp3) is 0.667. The quantitative estimate of drug-likeness (QED) is 0.181. The first-order valence-corrected chi connectivity index (χ1v) is 14.7. The van der Waals surface area contributed by atoms with Crippen LogP contribution in [-0.4, -0.2) is 26.3 Å². The van der Waals surface area contributed by atoms with Crippen molar-refractivity contribution in [2.24, 2.45) is 0 Å². The molecular weight excluding hydrogens is 448 g/mol. The van der Waals surface area contributed by atoms with Gasteiger partial charge in [-0.05, 0) is 25.7 Å². The van der Waals surface area contributed by atoms with Gasteiger partial charge in [0.1, 0.15) is 11.5 Å². The third kappa shape index (κ3) is 15.0. The summed E-state index contributed by atoms with van der Waals surface area (Å²) in [5.41, 5.74) is 0. The van der Waals surface area contributed by atoms with Crippen LogP contribution in [0, 0.1) is 0 Å². The molecule has 0 bridgehead atoms. The number of aromatic nitrogens is 2. The van der Waals surface area contributed by atoms with Gasteiger partial charge in [0.15, 0.2) is 24.8 Å². The maximum atomic E-state index is 5.90. The highest BCUT2D eigenvalue weighted by molar-refractivity contribution is 5.15. The Hall–Kier alpha value is -2.18. The summed E-state index contributed by atoms with van der Waals surface area (Å²) in [5, 5.41) is 4.71. The monoisotopic (exact) mass is 502 g/mol. The van der Waals surface area contributed by atoms with Crippen LogP contribution >= 0.6 is 0 Å². The molecular formula is C30H54N4O2+4. The maximum Gasteiger partial charge on any atom is 0.272 e. The average Bonchev–Trinajstić information content (AvgIpc) is 2.91. The van der Waals surface area contributed by atoms with E-state index in [-0.39, 0.29) is 0 Å². The van der Waals surface area contributed by atoms with Gasteiger partial charge in [0, 0.05) is 24.3 Å². The second kappa shape index (κ2) is 21.0. The van der Waals surface area contributed by atoms with Crippen LogP contribution in [0.4, 0.5) is 0 Å². The molecule has 0 aliphatic heterocycles. The minimum absolute atomic E-state index is 0.820. The van der Waals surface area contributed by atoms with E-state index in [1.807, 2.05) is 0 Å². The smallest absolute Gasteiger partial charge is 0.272 e. The molecule has 2 heterocycles. The number of unbranched alkanes of at least 4 members (excludes halogenated alkanes) is 9. The molecule has 0 saturated carbocycles. The minimum atomic E-state index is 0.820. The zero-order chi connectivity index (χ0) is 25.5. The van der Waals surface area contributed by atoms with Gasteiger partial charge in [-0.15, -0.1) is 0 Å². The van der Waals surface area contributed by atoms with Crippen LogP contribution in [0.2, 0.25) is 0 Å². The molecule has 0 aliphatic carbocycles. The van der Waals surface area contributed by atoms with Gasteiger partial charge in [-0.25, -0.2) is 0 Å². The van der Waals surface area contributed by atoms with E-state index in [9.17, 15) is 0 Å². The first-order chi connectivity index (χ1) is 17.8. The lowest BCUT2D eigenvalue weighted by Crippen LogP contribution is -2.88. The number of rotatable bonds is 23. The van der Waals surface area contributed by atoms with Crippen molar-refractivity contribution >= 4 is 0 Å². The van der Waals surface area contributed by atoms with E-state index in [1.165, 1.54) is 77.3 Å². The number of nitrogens with zero attached hydrogens (tertiary/aromatic N) is 2. The molecule has 0 aromatic carbocycles. The summed E-state index contributed by atoms with van der Waals surface area (Å²) in [5.74, 6) is 1.97. The number of pyridine rings is 2. The largest absolute Gasteiger partial charge is 0.493 e. The lowest BCUT2D eigenvalue weighted by Gasteiger charge is -2.06. The molecule has 2 aromatic rings. The molecule has 2 aromatic heterocycles. The predicted molar refractivity (Wildman–Crippen MR) is 145 cm³/mol. The molecule has 6 nitrogen and oxygen atoms in total. The number of ether oxygens (including phenoxy) is 2. The summed E-state index contributed by atoms with van der Waals surface area (Å²) in [7, 11) is 0. The van der Waals surface area contributed by atoms with Crippen molar-refractivity contribution < 1.29 is 29.2 Å². The number of hydrogen-bond acceptors (Lipinski definition) is 2. The van der Waals surface area contributed by atoms with E-state index in [0.717, 1.165) is 50.9 Å². The first-order valence-electron chi connectivity index (χ1n) is 14.7. The second-order valence-corrected chi connectivity index (χ2v) is 9.85. The van der Waals surface area contributed by atoms with E-state index in [4.69, 9.17) is 9.47 Å². The van der Waals surface area contributed by atoms with E-state index < -0.39 is 0 Å². The highest BCUT2D eigenvalue weighted by atomic mass is 16.5. The fourth-order valence-corrected chi connectivity index (χ4v) is 4.15. The van der Waals surface area contributed by atoms with E-state index >= 15 is 0 Å². The number of nitrogens with two attached hydrogens (primary N) is 2. The highest BCUT2D eigenvalue weighted by Crippen LogP contribution is 2.12. The van der Waals surface area contributed by atoms with Gasteiger partial charge in [-0.1, -0.05) is 65.2 Å². The summed E-state index contributed by atoms with van der Waals surface area (Å²) in [4.78, 5) is 0. The molecule has 0 radical (unpaired) electrons. The van der Waals surface area contributed by atoms with Gasteiger partial charge in [0.05, 0.1) is 26.3 Å². The Morgan fingerprint density at radius 3 is 1.25 bits per heavy atom. The van der Waals surface area contributed by atoms with Gasteiger partial charge in [0.2, 0.25) is 0 Å². The fourth-order valence-electron chi connectivity index (χ4n) is 4.15. The van der Waals surface area contributed by atoms with Gasteiger partial charge < -0.3 is 9.47 Å². The summed E-state index contributed by atoms with van der Waals surface area (Å²) >= 11 is 0. The van der Waals surface area contributed by atoms with E-state index in [2.05, 4.69) is 82.7 Å². The Morgan fingerprint density at radius 2 is 0.889 bits per heavy atom. The van der Waals surface area contributed by atoms with Crippen molar-refractivity contribution in [3.05, 3.63) is 49.1 Å². The van der Waals surface area contributed by atoms with Crippen LogP contribution < -0.4 is 29.2 Å². The SMILES string of the molecule is CCCC[NH2+]C[n+]1ccc(OCCCCCCCCCCOc2cc[n+](C[NH2+]CCCC)cc2)cc1. The predicted octanol–water partition coefficient (Wildman–Crippen LogP) is 3.48. The van der Waals surface area contributed by atoms with Crippen molar-refractivity contribution in [2.45, 2.75) is 104 Å². The topological polar surface area (TPSA) is 59.4 Å². The maximum absolute atomic E-state index is 5.90. The van der Waals surface area contributed by atoms with E-state index in [0.29, 0.717) is 0 Å². The van der Waals surface area contributed by atoms with Gasteiger partial charge >= 0.3 is 0 Å². The van der Waals surface area contributed by atoms with Crippen LogP contribution in [0.25, 0.3) is 0 Å². The molecule has 0 saturated heterocycles. The lowest BCUT2D eigenvalue weighted by atomic mass is 10.1. The van der Waals surface area contributed by atoms with E-state index in [1.54, 1.807) is 0 Å². The Balaban J connectivity index is 1.36. The van der Waals surface area contributed by atoms with Crippen LogP contribution in [0.5, 0.6) is 11.5 Å². The molecule has 202 valence electrons. The summed E-state index contributed by atoms with van der Waals surface area (Å²) in [6.45, 7) is 10.5. The van der Waals surface area contributed by atoms with Crippen LogP contribution in [-0.2, 0) is 13.3 Å². The Bertz CT molecular complexity index is 687. The van der Waals surface area contributed by atoms with Gasteiger partial charge in [0.25, 0.3) is 13.3 Å². The van der Waals surface area contributed by atoms with Crippen LogP contribution in [0.15, 0.2) is 49.1 Å². The number of quaternary nitrogens is 2. The molecule has 4 N–H and O–H groups in total. The summed E-state index contributed by atoms with van der Waals surface area (Å²) in [6, 6.07) is 8.33. The normalized spacial score (nSPS) is 11.1. The zero-order valence-electron chi connectivity index (χ0n) is 23.2. The van der Waals surface area contributed by atoms with Crippen LogP contribution in [0.3, 0.4) is 0 Å². The second-order valence-electron chi connectivity index (χ2n) is 9.85. The average molecular weight is 503 g/mol. The van der Waals surface area contributed by atoms with Crippen molar-refractivity contribution in [3.63, 3.8) is 0 Å². The standard InChI is InChI=1S/C30H52N4O2/c1-3-5-19-31-27-33-21-15-29(16-22-33)35-25-13-11-9-7-8-10-12-14-26-36-30-17-23-34(24-18-30)28-32-20-6-4-2/h15-18,21-24,31-32H,3-14,19-20,25-28H2,1-2H3/q+2/p+2.